The molecule has 0 saturated carbocycles. The van der Waals surface area contributed by atoms with E-state index in [-0.39, 0.29) is 0 Å². The number of aromatic amines is 1. The average Bonchev–Trinajstić information content (AvgIpc) is 2.71. The van der Waals surface area contributed by atoms with Crippen LogP contribution in [0, 0.1) is 6.92 Å². The van der Waals surface area contributed by atoms with E-state index in [0.717, 1.165) is 26.9 Å². The van der Waals surface area contributed by atoms with Gasteiger partial charge in [-0.3, -0.25) is 0 Å². The molecule has 2 aromatic carbocycles. The van der Waals surface area contributed by atoms with E-state index in [1.54, 1.807) is 0 Å². The normalized spacial score (nSPS) is 11.1. The van der Waals surface area contributed by atoms with E-state index in [1.165, 1.54) is 5.56 Å². The second-order valence-electron chi connectivity index (χ2n) is 4.23. The molecule has 1 aromatic heterocycles. The molecule has 3 aromatic rings. The highest BCUT2D eigenvalue weighted by Crippen LogP contribution is 2.30. The molecule has 0 amide bonds. The average molecular weight is 322 g/mol. The van der Waals surface area contributed by atoms with Gasteiger partial charge in [-0.25, -0.2) is 4.98 Å². The number of fused-ring (bicyclic) bond motifs is 1. The van der Waals surface area contributed by atoms with E-state index >= 15 is 0 Å². The molecule has 1 heterocycles. The van der Waals surface area contributed by atoms with Crippen LogP contribution in [0.25, 0.3) is 22.4 Å². The SMILES string of the molecule is Cc1ccc2nc(-c3ccc(Br)cc3Cl)[nH]c2c1. The van der Waals surface area contributed by atoms with Gasteiger partial charge in [0.05, 0.1) is 16.1 Å². The second-order valence-corrected chi connectivity index (χ2v) is 5.55. The Morgan fingerprint density at radius 2 is 2.00 bits per heavy atom. The topological polar surface area (TPSA) is 28.7 Å². The summed E-state index contributed by atoms with van der Waals surface area (Å²) in [4.78, 5) is 7.86. The maximum Gasteiger partial charge on any atom is 0.139 e. The van der Waals surface area contributed by atoms with Crippen molar-refractivity contribution in [2.24, 2.45) is 0 Å². The monoisotopic (exact) mass is 320 g/mol. The van der Waals surface area contributed by atoms with Gasteiger partial charge < -0.3 is 4.98 Å². The summed E-state index contributed by atoms with van der Waals surface area (Å²) >= 11 is 9.63. The summed E-state index contributed by atoms with van der Waals surface area (Å²) in [6, 6.07) is 11.9. The highest BCUT2D eigenvalue weighted by molar-refractivity contribution is 9.10. The number of imidazole rings is 1. The van der Waals surface area contributed by atoms with Crippen molar-refractivity contribution in [2.75, 3.05) is 0 Å². The van der Waals surface area contributed by atoms with E-state index in [1.807, 2.05) is 24.3 Å². The predicted molar refractivity (Wildman–Crippen MR) is 79.0 cm³/mol. The van der Waals surface area contributed by atoms with Gasteiger partial charge in [-0.05, 0) is 42.8 Å². The lowest BCUT2D eigenvalue weighted by Crippen LogP contribution is -1.81. The first-order chi connectivity index (χ1) is 8.63. The molecule has 0 aliphatic carbocycles. The summed E-state index contributed by atoms with van der Waals surface area (Å²) in [5, 5.41) is 0.681. The Kier molecular flexibility index (Phi) is 2.88. The number of hydrogen-bond donors (Lipinski definition) is 1. The molecule has 3 rings (SSSR count). The van der Waals surface area contributed by atoms with Crippen molar-refractivity contribution >= 4 is 38.6 Å². The minimum Gasteiger partial charge on any atom is -0.338 e. The van der Waals surface area contributed by atoms with Gasteiger partial charge in [-0.15, -0.1) is 0 Å². The first-order valence-corrected chi connectivity index (χ1v) is 6.72. The molecular weight excluding hydrogens is 312 g/mol. The molecule has 0 unspecified atom stereocenters. The minimum absolute atomic E-state index is 0.681. The van der Waals surface area contributed by atoms with Crippen LogP contribution in [-0.2, 0) is 0 Å². The molecule has 4 heteroatoms. The molecule has 2 nitrogen and oxygen atoms in total. The first-order valence-electron chi connectivity index (χ1n) is 5.55. The van der Waals surface area contributed by atoms with Crippen LogP contribution in [0.3, 0.4) is 0 Å². The zero-order valence-electron chi connectivity index (χ0n) is 9.67. The lowest BCUT2D eigenvalue weighted by molar-refractivity contribution is 1.33. The minimum atomic E-state index is 0.681. The Bertz CT molecular complexity index is 734. The molecule has 0 aliphatic heterocycles. The van der Waals surface area contributed by atoms with Crippen molar-refractivity contribution in [1.29, 1.82) is 0 Å². The van der Waals surface area contributed by atoms with Crippen molar-refractivity contribution in [3.05, 3.63) is 51.5 Å². The van der Waals surface area contributed by atoms with Crippen molar-refractivity contribution in [1.82, 2.24) is 9.97 Å². The van der Waals surface area contributed by atoms with E-state index in [0.29, 0.717) is 5.02 Å². The highest BCUT2D eigenvalue weighted by atomic mass is 79.9. The van der Waals surface area contributed by atoms with Gasteiger partial charge in [-0.1, -0.05) is 33.6 Å². The third-order valence-corrected chi connectivity index (χ3v) is 3.63. The predicted octanol–water partition coefficient (Wildman–Crippen LogP) is 4.95. The van der Waals surface area contributed by atoms with Crippen LogP contribution in [0.15, 0.2) is 40.9 Å². The molecule has 0 fully saturated rings. The van der Waals surface area contributed by atoms with Crippen LogP contribution in [0.2, 0.25) is 5.02 Å². The molecule has 1 N–H and O–H groups in total. The van der Waals surface area contributed by atoms with Gasteiger partial charge in [0.1, 0.15) is 5.82 Å². The number of rotatable bonds is 1. The fourth-order valence-corrected chi connectivity index (χ4v) is 2.70. The van der Waals surface area contributed by atoms with Crippen LogP contribution in [-0.4, -0.2) is 9.97 Å². The van der Waals surface area contributed by atoms with Gasteiger partial charge in [0.2, 0.25) is 0 Å². The van der Waals surface area contributed by atoms with E-state index in [4.69, 9.17) is 11.6 Å². The summed E-state index contributed by atoms with van der Waals surface area (Å²) in [6.07, 6.45) is 0. The van der Waals surface area contributed by atoms with Crippen LogP contribution in [0.5, 0.6) is 0 Å². The Hall–Kier alpha value is -1.32. The van der Waals surface area contributed by atoms with Gasteiger partial charge in [0.25, 0.3) is 0 Å². The molecule has 0 spiro atoms. The van der Waals surface area contributed by atoms with Crippen molar-refractivity contribution in [2.45, 2.75) is 6.92 Å². The van der Waals surface area contributed by atoms with Crippen LogP contribution >= 0.6 is 27.5 Å². The van der Waals surface area contributed by atoms with Crippen molar-refractivity contribution < 1.29 is 0 Å². The Morgan fingerprint density at radius 3 is 2.78 bits per heavy atom. The fourth-order valence-electron chi connectivity index (χ4n) is 1.93. The number of nitrogens with one attached hydrogen (secondary N) is 1. The van der Waals surface area contributed by atoms with Crippen LogP contribution < -0.4 is 0 Å². The number of aromatic nitrogens is 2. The highest BCUT2D eigenvalue weighted by Gasteiger charge is 2.09. The van der Waals surface area contributed by atoms with E-state index < -0.39 is 0 Å². The summed E-state index contributed by atoms with van der Waals surface area (Å²) in [7, 11) is 0. The molecular formula is C14H10BrClN2. The number of nitrogens with zero attached hydrogens (tertiary/aromatic N) is 1. The molecule has 0 saturated heterocycles. The third kappa shape index (κ3) is 2.04. The number of H-pyrrole nitrogens is 1. The molecule has 0 aliphatic rings. The van der Waals surface area contributed by atoms with Gasteiger partial charge >= 0.3 is 0 Å². The fraction of sp³-hybridized carbons (Fsp3) is 0.0714. The number of halogens is 2. The molecule has 18 heavy (non-hydrogen) atoms. The number of benzene rings is 2. The smallest absolute Gasteiger partial charge is 0.139 e. The third-order valence-electron chi connectivity index (χ3n) is 2.82. The van der Waals surface area contributed by atoms with E-state index in [9.17, 15) is 0 Å². The molecule has 0 atom stereocenters. The molecule has 0 bridgehead atoms. The van der Waals surface area contributed by atoms with Crippen LogP contribution in [0.1, 0.15) is 5.56 Å². The van der Waals surface area contributed by atoms with Gasteiger partial charge in [-0.2, -0.15) is 0 Å². The number of aryl methyl sites for hydroxylation is 1. The summed E-state index contributed by atoms with van der Waals surface area (Å²) in [5.41, 5.74) is 4.10. The standard InChI is InChI=1S/C14H10BrClN2/c1-8-2-5-12-13(6-8)18-14(17-12)10-4-3-9(15)7-11(10)16/h2-7H,1H3,(H,17,18). The van der Waals surface area contributed by atoms with Crippen LogP contribution in [0.4, 0.5) is 0 Å². The van der Waals surface area contributed by atoms with Crippen molar-refractivity contribution in [3.8, 4) is 11.4 Å². The largest absolute Gasteiger partial charge is 0.338 e. The lowest BCUT2D eigenvalue weighted by atomic mass is 10.2. The van der Waals surface area contributed by atoms with Crippen molar-refractivity contribution in [3.63, 3.8) is 0 Å². The lowest BCUT2D eigenvalue weighted by Gasteiger charge is -2.00. The summed E-state index contributed by atoms with van der Waals surface area (Å²) in [5.74, 6) is 0.799. The maximum absolute atomic E-state index is 6.23. The van der Waals surface area contributed by atoms with Gasteiger partial charge in [0.15, 0.2) is 0 Å². The molecule has 90 valence electrons. The van der Waals surface area contributed by atoms with Gasteiger partial charge in [0, 0.05) is 10.0 Å². The van der Waals surface area contributed by atoms with E-state index in [2.05, 4.69) is 45.0 Å². The Balaban J connectivity index is 2.19. The first kappa shape index (κ1) is 11.8. The summed E-state index contributed by atoms with van der Waals surface area (Å²) in [6.45, 7) is 2.06. The Morgan fingerprint density at radius 1 is 1.17 bits per heavy atom. The quantitative estimate of drug-likeness (QED) is 0.674. The molecule has 0 radical (unpaired) electrons. The Labute approximate surface area is 118 Å². The zero-order valence-corrected chi connectivity index (χ0v) is 12.0. The maximum atomic E-state index is 6.23. The summed E-state index contributed by atoms with van der Waals surface area (Å²) < 4.78 is 0.961. The number of hydrogen-bond acceptors (Lipinski definition) is 1. The second kappa shape index (κ2) is 4.41. The zero-order chi connectivity index (χ0) is 12.7.